The van der Waals surface area contributed by atoms with Gasteiger partial charge in [-0.2, -0.15) is 0 Å². The summed E-state index contributed by atoms with van der Waals surface area (Å²) >= 11 is 1.58. The number of hydrogen-bond acceptors (Lipinski definition) is 8. The second kappa shape index (κ2) is 13.2. The van der Waals surface area contributed by atoms with E-state index in [0.717, 1.165) is 21.7 Å². The van der Waals surface area contributed by atoms with Gasteiger partial charge in [-0.05, 0) is 47.7 Å². The number of benzene rings is 3. The number of β-amino-alcohol motifs (C(OH)–C–C–N with tert-alkyl or cyclic N) is 1. The maximum Gasteiger partial charge on any atom is 0.632 e. The minimum atomic E-state index is -0.967. The summed E-state index contributed by atoms with van der Waals surface area (Å²) in [5.74, 6) is 0.00448. The first-order valence-electron chi connectivity index (χ1n) is 15.6. The van der Waals surface area contributed by atoms with Gasteiger partial charge in [-0.1, -0.05) is 69.3 Å². The van der Waals surface area contributed by atoms with Crippen LogP contribution in [0.1, 0.15) is 48.8 Å². The number of aliphatic hydroxyl groups excluding tert-OH is 1. The van der Waals surface area contributed by atoms with Crippen molar-refractivity contribution in [1.29, 1.82) is 0 Å². The number of fused-ring (bicyclic) bond motifs is 1. The molecule has 3 N–H and O–H groups in total. The Morgan fingerprint density at radius 3 is 2.38 bits per heavy atom. The molecule has 3 aromatic carbocycles. The van der Waals surface area contributed by atoms with Gasteiger partial charge >= 0.3 is 7.12 Å². The van der Waals surface area contributed by atoms with Gasteiger partial charge < -0.3 is 29.9 Å². The molecule has 3 atom stereocenters. The molecule has 4 aromatic rings. The maximum absolute atomic E-state index is 14.0. The first-order chi connectivity index (χ1) is 22.5. The molecule has 3 heterocycles. The van der Waals surface area contributed by atoms with E-state index in [1.807, 2.05) is 87.8 Å². The molecule has 0 radical (unpaired) electrons. The third-order valence-corrected chi connectivity index (χ3v) is 9.40. The molecule has 0 saturated carbocycles. The van der Waals surface area contributed by atoms with Crippen LogP contribution in [0.4, 0.5) is 0 Å². The predicted molar refractivity (Wildman–Crippen MR) is 180 cm³/mol. The molecule has 47 heavy (non-hydrogen) atoms. The number of para-hydroxylation sites is 2. The van der Waals surface area contributed by atoms with Crippen LogP contribution >= 0.6 is 11.3 Å². The van der Waals surface area contributed by atoms with E-state index in [4.69, 9.17) is 9.31 Å². The van der Waals surface area contributed by atoms with Crippen LogP contribution in [0.25, 0.3) is 10.4 Å². The summed E-state index contributed by atoms with van der Waals surface area (Å²) in [7, 11) is -0.703. The second-order valence-corrected chi connectivity index (χ2v) is 13.8. The summed E-state index contributed by atoms with van der Waals surface area (Å²) in [5.41, 5.74) is 5.04. The van der Waals surface area contributed by atoms with Crippen LogP contribution in [0, 0.1) is 12.3 Å². The quantitative estimate of drug-likeness (QED) is 0.248. The lowest BCUT2D eigenvalue weighted by atomic mass is 9.78. The summed E-state index contributed by atoms with van der Waals surface area (Å²) < 4.78 is 11.8. The summed E-state index contributed by atoms with van der Waals surface area (Å²) in [5, 5.41) is 16.4. The van der Waals surface area contributed by atoms with E-state index < -0.39 is 42.5 Å². The van der Waals surface area contributed by atoms with Gasteiger partial charge in [0.25, 0.3) is 5.91 Å². The highest BCUT2D eigenvalue weighted by Gasteiger charge is 2.44. The van der Waals surface area contributed by atoms with E-state index in [1.165, 1.54) is 4.90 Å². The minimum absolute atomic E-state index is 0.00529. The molecule has 6 rings (SSSR count). The lowest BCUT2D eigenvalue weighted by Crippen LogP contribution is -2.57. The van der Waals surface area contributed by atoms with E-state index in [2.05, 4.69) is 15.6 Å². The number of likely N-dealkylation sites (tertiary alicyclic amines) is 1. The molecule has 12 heteroatoms. The summed E-state index contributed by atoms with van der Waals surface area (Å²) in [6.07, 6.45) is -0.752. The van der Waals surface area contributed by atoms with Crippen LogP contribution in [0.3, 0.4) is 0 Å². The van der Waals surface area contributed by atoms with Crippen LogP contribution < -0.4 is 25.4 Å². The number of carbonyl (C=O) groups excluding carboxylic acids is 3. The molecule has 0 spiro atoms. The van der Waals surface area contributed by atoms with Gasteiger partial charge in [0.2, 0.25) is 11.8 Å². The lowest BCUT2D eigenvalue weighted by Gasteiger charge is -2.35. The van der Waals surface area contributed by atoms with Crippen molar-refractivity contribution in [3.8, 4) is 21.9 Å². The van der Waals surface area contributed by atoms with Crippen LogP contribution in [0.2, 0.25) is 0 Å². The third-order valence-electron chi connectivity index (χ3n) is 8.42. The van der Waals surface area contributed by atoms with Gasteiger partial charge in [0.15, 0.2) is 0 Å². The Balaban J connectivity index is 1.12. The van der Waals surface area contributed by atoms with Crippen LogP contribution in [-0.4, -0.2) is 64.6 Å². The Morgan fingerprint density at radius 1 is 1.04 bits per heavy atom. The number of thiazole rings is 1. The Morgan fingerprint density at radius 2 is 1.74 bits per heavy atom. The molecule has 1 fully saturated rings. The molecular weight excluding hydrogens is 615 g/mol. The van der Waals surface area contributed by atoms with Crippen molar-refractivity contribution in [2.45, 2.75) is 58.8 Å². The zero-order chi connectivity index (χ0) is 33.3. The molecule has 2 aliphatic rings. The number of carbonyl (C=O) groups is 3. The van der Waals surface area contributed by atoms with Crippen molar-refractivity contribution in [2.75, 3.05) is 6.54 Å². The first-order valence-corrected chi connectivity index (χ1v) is 16.4. The van der Waals surface area contributed by atoms with E-state index in [9.17, 15) is 19.5 Å². The fourth-order valence-electron chi connectivity index (χ4n) is 5.86. The summed E-state index contributed by atoms with van der Waals surface area (Å²) in [6, 6.07) is 20.3. The monoisotopic (exact) mass is 652 g/mol. The van der Waals surface area contributed by atoms with Crippen LogP contribution in [0.15, 0.2) is 78.3 Å². The molecule has 0 aliphatic carbocycles. The highest BCUT2D eigenvalue weighted by molar-refractivity contribution is 7.13. The van der Waals surface area contributed by atoms with Crippen LogP contribution in [-0.2, 0) is 16.1 Å². The number of aliphatic hydroxyl groups is 1. The number of rotatable bonds is 8. The van der Waals surface area contributed by atoms with Gasteiger partial charge in [0.05, 0.1) is 22.2 Å². The summed E-state index contributed by atoms with van der Waals surface area (Å²) in [4.78, 5) is 47.8. The molecule has 1 saturated heterocycles. The van der Waals surface area contributed by atoms with E-state index in [0.29, 0.717) is 22.5 Å². The number of aromatic nitrogens is 1. The van der Waals surface area contributed by atoms with Crippen molar-refractivity contribution in [3.05, 3.63) is 95.1 Å². The molecule has 242 valence electrons. The molecule has 0 unspecified atom stereocenters. The third kappa shape index (κ3) is 7.03. The Kier molecular flexibility index (Phi) is 9.07. The van der Waals surface area contributed by atoms with E-state index >= 15 is 0 Å². The largest absolute Gasteiger partial charge is 0.632 e. The van der Waals surface area contributed by atoms with Crippen molar-refractivity contribution in [1.82, 2.24) is 20.5 Å². The van der Waals surface area contributed by atoms with Crippen molar-refractivity contribution in [2.24, 2.45) is 5.41 Å². The molecule has 1 aromatic heterocycles. The number of amides is 3. The molecule has 0 bridgehead atoms. The summed E-state index contributed by atoms with van der Waals surface area (Å²) in [6.45, 7) is 7.78. The molecular formula is C35H37BN4O6S. The zero-order valence-electron chi connectivity index (χ0n) is 26.7. The zero-order valence-corrected chi connectivity index (χ0v) is 27.5. The number of hydrogen-bond donors (Lipinski definition) is 3. The number of nitrogens with zero attached hydrogens (tertiary/aromatic N) is 2. The predicted octanol–water partition coefficient (Wildman–Crippen LogP) is 3.71. The van der Waals surface area contributed by atoms with Gasteiger partial charge in [-0.3, -0.25) is 14.4 Å². The standard InChI is InChI=1S/C35H37BN4O6S/c1-21-30(47-20-38-21)23-14-12-22(13-15-23)18-37-33(43)27-17-26(41)19-40(27)34(44)31(35(2,3)4)39-32(42)24-8-7-9-25(16-24)36-45-28-10-5-6-11-29(28)46-36/h5-16,20,26-27,31,41H,17-19H2,1-4H3,(H,37,43)(H,39,42)/t26-,27+,31-/m1/s1. The Labute approximate surface area is 278 Å². The number of nitrogens with one attached hydrogen (secondary N) is 2. The van der Waals surface area contributed by atoms with Gasteiger partial charge in [0.1, 0.15) is 23.6 Å². The highest BCUT2D eigenvalue weighted by atomic mass is 32.1. The Bertz CT molecular complexity index is 1760. The molecule has 3 amide bonds. The average molecular weight is 653 g/mol. The van der Waals surface area contributed by atoms with Gasteiger partial charge in [-0.25, -0.2) is 4.98 Å². The smallest absolute Gasteiger partial charge is 0.519 e. The fraction of sp³-hybridized carbons (Fsp3) is 0.314. The van der Waals surface area contributed by atoms with Crippen molar-refractivity contribution >= 4 is 41.6 Å². The average Bonchev–Trinajstić information content (AvgIpc) is 3.80. The SMILES string of the molecule is Cc1ncsc1-c1ccc(CNC(=O)[C@@H]2C[C@@H](O)CN2C(=O)[C@@H](NC(=O)c2cccc(B3Oc4ccccc4O3)c2)C(C)(C)C)cc1. The molecule has 10 nitrogen and oxygen atoms in total. The van der Waals surface area contributed by atoms with Crippen molar-refractivity contribution in [3.63, 3.8) is 0 Å². The first kappa shape index (κ1) is 32.3. The van der Waals surface area contributed by atoms with E-state index in [1.54, 1.807) is 29.5 Å². The Hall–Kier alpha value is -4.68. The minimum Gasteiger partial charge on any atom is -0.519 e. The maximum atomic E-state index is 14.0. The van der Waals surface area contributed by atoms with E-state index in [-0.39, 0.29) is 25.4 Å². The van der Waals surface area contributed by atoms with Gasteiger partial charge in [0, 0.05) is 30.5 Å². The molecule has 2 aliphatic heterocycles. The second-order valence-electron chi connectivity index (χ2n) is 13.0. The normalized spacial score (nSPS) is 17.8. The number of aryl methyl sites for hydroxylation is 1. The topological polar surface area (TPSA) is 130 Å². The van der Waals surface area contributed by atoms with Crippen LogP contribution in [0.5, 0.6) is 11.5 Å². The lowest BCUT2D eigenvalue weighted by molar-refractivity contribution is -0.142. The highest BCUT2D eigenvalue weighted by Crippen LogP contribution is 2.33. The van der Waals surface area contributed by atoms with Gasteiger partial charge in [-0.15, -0.1) is 11.3 Å². The fourth-order valence-corrected chi connectivity index (χ4v) is 6.67. The van der Waals surface area contributed by atoms with Crippen molar-refractivity contribution < 1.29 is 28.8 Å².